The monoisotopic (exact) mass is 546 g/mol. The number of aromatic carboxylic acids is 1. The maximum atomic E-state index is 13.5. The number of carboxylic acids is 1. The number of carboxylic acid groups (broad SMARTS) is 1. The summed E-state index contributed by atoms with van der Waals surface area (Å²) in [5.74, 6) is -1.50. The van der Waals surface area contributed by atoms with Gasteiger partial charge in [-0.15, -0.1) is 17.9 Å². The maximum Gasteiger partial charge on any atom is 0.355 e. The van der Waals surface area contributed by atoms with Gasteiger partial charge in [-0.1, -0.05) is 43.9 Å². The first-order valence-electron chi connectivity index (χ1n) is 12.6. The van der Waals surface area contributed by atoms with E-state index in [0.717, 1.165) is 55.7 Å². The molecular weight excluding hydrogens is 512 g/mol. The number of likely N-dealkylation sites (N-methyl/N-ethyl adjacent to an activating group) is 1. The van der Waals surface area contributed by atoms with Crippen molar-refractivity contribution in [3.63, 3.8) is 0 Å². The summed E-state index contributed by atoms with van der Waals surface area (Å²) in [5.41, 5.74) is 0.618. The SMILES string of the molecule is C=CC(N1CCN(C)CC1)S(=O)(=O)c1ccc(C(CC2CCCC2)C(=O)Nc2nc(C(=O)O)cs2)cc1. The lowest BCUT2D eigenvalue weighted by molar-refractivity contribution is -0.118. The number of aromatic nitrogens is 1. The van der Waals surface area contributed by atoms with Crippen molar-refractivity contribution >= 4 is 38.2 Å². The van der Waals surface area contributed by atoms with E-state index in [2.05, 4.69) is 21.8 Å². The molecule has 0 radical (unpaired) electrons. The van der Waals surface area contributed by atoms with E-state index in [-0.39, 0.29) is 21.6 Å². The molecule has 11 heteroatoms. The van der Waals surface area contributed by atoms with Gasteiger partial charge >= 0.3 is 5.97 Å². The van der Waals surface area contributed by atoms with Crippen LogP contribution in [0, 0.1) is 5.92 Å². The summed E-state index contributed by atoms with van der Waals surface area (Å²) in [4.78, 5) is 32.7. The number of piperazine rings is 1. The van der Waals surface area contributed by atoms with Crippen molar-refractivity contribution in [2.45, 2.75) is 48.3 Å². The number of nitrogens with one attached hydrogen (secondary N) is 1. The van der Waals surface area contributed by atoms with Gasteiger partial charge in [0.2, 0.25) is 5.91 Å². The Labute approximate surface area is 222 Å². The van der Waals surface area contributed by atoms with Crippen molar-refractivity contribution in [1.82, 2.24) is 14.8 Å². The molecule has 2 unspecified atom stereocenters. The van der Waals surface area contributed by atoms with Crippen molar-refractivity contribution in [2.75, 3.05) is 38.5 Å². The minimum atomic E-state index is -3.68. The molecule has 200 valence electrons. The predicted molar refractivity (Wildman–Crippen MR) is 144 cm³/mol. The number of anilines is 1. The Morgan fingerprint density at radius 3 is 2.41 bits per heavy atom. The van der Waals surface area contributed by atoms with Gasteiger partial charge in [-0.25, -0.2) is 18.2 Å². The average Bonchev–Trinajstić information content (AvgIpc) is 3.56. The fourth-order valence-electron chi connectivity index (χ4n) is 5.17. The molecule has 1 aliphatic heterocycles. The quantitative estimate of drug-likeness (QED) is 0.433. The number of sulfone groups is 1. The van der Waals surface area contributed by atoms with Crippen LogP contribution in [0.25, 0.3) is 0 Å². The highest BCUT2D eigenvalue weighted by Crippen LogP contribution is 2.35. The smallest absolute Gasteiger partial charge is 0.355 e. The molecule has 0 bridgehead atoms. The molecule has 1 aliphatic carbocycles. The Morgan fingerprint density at radius 2 is 1.84 bits per heavy atom. The van der Waals surface area contributed by atoms with Crippen molar-refractivity contribution in [2.24, 2.45) is 5.92 Å². The number of thiazole rings is 1. The largest absolute Gasteiger partial charge is 0.476 e. The average molecular weight is 547 g/mol. The van der Waals surface area contributed by atoms with E-state index in [1.807, 2.05) is 11.9 Å². The fraction of sp³-hybridized carbons (Fsp3) is 0.500. The van der Waals surface area contributed by atoms with Crippen LogP contribution in [-0.2, 0) is 14.6 Å². The number of hydrogen-bond acceptors (Lipinski definition) is 8. The highest BCUT2D eigenvalue weighted by Gasteiger charge is 2.33. The van der Waals surface area contributed by atoms with Gasteiger partial charge in [-0.3, -0.25) is 9.69 Å². The summed E-state index contributed by atoms with van der Waals surface area (Å²) in [6.07, 6.45) is 6.53. The minimum absolute atomic E-state index is 0.112. The molecule has 1 saturated carbocycles. The molecule has 2 atom stereocenters. The Bertz CT molecular complexity index is 1210. The lowest BCUT2D eigenvalue weighted by Crippen LogP contribution is -2.50. The molecule has 0 spiro atoms. The summed E-state index contributed by atoms with van der Waals surface area (Å²) in [6.45, 7) is 6.68. The zero-order valence-electron chi connectivity index (χ0n) is 21.0. The first kappa shape index (κ1) is 27.4. The van der Waals surface area contributed by atoms with Gasteiger partial charge < -0.3 is 15.3 Å². The second-order valence-electron chi connectivity index (χ2n) is 9.85. The number of nitrogens with zero attached hydrogens (tertiary/aromatic N) is 3. The molecule has 37 heavy (non-hydrogen) atoms. The molecule has 1 aromatic heterocycles. The molecule has 1 aromatic carbocycles. The van der Waals surface area contributed by atoms with E-state index >= 15 is 0 Å². The Balaban J connectivity index is 1.54. The van der Waals surface area contributed by atoms with Crippen LogP contribution in [-0.4, -0.2) is 78.8 Å². The van der Waals surface area contributed by atoms with Crippen LogP contribution >= 0.6 is 11.3 Å². The highest BCUT2D eigenvalue weighted by molar-refractivity contribution is 7.92. The van der Waals surface area contributed by atoms with Crippen LogP contribution < -0.4 is 5.32 Å². The highest BCUT2D eigenvalue weighted by atomic mass is 32.2. The second kappa shape index (κ2) is 11.8. The number of amides is 1. The Hall–Kier alpha value is -2.60. The lowest BCUT2D eigenvalue weighted by atomic mass is 9.87. The number of carbonyl (C=O) groups excluding carboxylic acids is 1. The summed E-state index contributed by atoms with van der Waals surface area (Å²) in [5, 5.41) is 12.7. The Kier molecular flexibility index (Phi) is 8.79. The molecule has 1 amide bonds. The first-order valence-corrected chi connectivity index (χ1v) is 15.0. The fourth-order valence-corrected chi connectivity index (χ4v) is 7.51. The van der Waals surface area contributed by atoms with E-state index in [9.17, 15) is 18.0 Å². The van der Waals surface area contributed by atoms with E-state index in [0.29, 0.717) is 25.4 Å². The van der Waals surface area contributed by atoms with E-state index in [1.165, 1.54) is 11.5 Å². The van der Waals surface area contributed by atoms with Crippen LogP contribution in [0.15, 0.2) is 47.2 Å². The second-order valence-corrected chi connectivity index (χ2v) is 12.8. The third kappa shape index (κ3) is 6.46. The van der Waals surface area contributed by atoms with E-state index in [4.69, 9.17) is 5.11 Å². The van der Waals surface area contributed by atoms with Gasteiger partial charge in [0, 0.05) is 31.6 Å². The standard InChI is InChI=1S/C26H34N4O5S2/c1-3-23(30-14-12-29(2)13-15-30)37(34,35)20-10-8-19(9-11-20)21(16-18-6-4-5-7-18)24(31)28-26-27-22(17-36-26)25(32)33/h3,8-11,17-18,21,23H,1,4-7,12-16H2,2H3,(H,32,33)(H,27,28,31). The Morgan fingerprint density at radius 1 is 1.19 bits per heavy atom. The molecule has 9 nitrogen and oxygen atoms in total. The van der Waals surface area contributed by atoms with Gasteiger partial charge in [-0.05, 0) is 37.1 Å². The van der Waals surface area contributed by atoms with Crippen LogP contribution in [0.4, 0.5) is 5.13 Å². The van der Waals surface area contributed by atoms with E-state index < -0.39 is 27.1 Å². The molecule has 1 saturated heterocycles. The number of carbonyl (C=O) groups is 2. The van der Waals surface area contributed by atoms with Gasteiger partial charge in [0.25, 0.3) is 0 Å². The number of hydrogen-bond donors (Lipinski definition) is 2. The van der Waals surface area contributed by atoms with Crippen LogP contribution in [0.1, 0.15) is 54.1 Å². The van der Waals surface area contributed by atoms with Crippen LogP contribution in [0.3, 0.4) is 0 Å². The van der Waals surface area contributed by atoms with Gasteiger partial charge in [0.05, 0.1) is 10.8 Å². The van der Waals surface area contributed by atoms with Crippen LogP contribution in [0.5, 0.6) is 0 Å². The zero-order chi connectivity index (χ0) is 26.6. The zero-order valence-corrected chi connectivity index (χ0v) is 22.6. The molecule has 4 rings (SSSR count). The number of rotatable bonds is 10. The molecule has 2 aromatic rings. The first-order chi connectivity index (χ1) is 17.7. The molecule has 2 fully saturated rings. The third-order valence-electron chi connectivity index (χ3n) is 7.34. The third-order valence-corrected chi connectivity index (χ3v) is 10.2. The summed E-state index contributed by atoms with van der Waals surface area (Å²) in [7, 11) is -1.66. The van der Waals surface area contributed by atoms with Crippen LogP contribution in [0.2, 0.25) is 0 Å². The maximum absolute atomic E-state index is 13.5. The van der Waals surface area contributed by atoms with Crippen molar-refractivity contribution in [3.8, 4) is 0 Å². The summed E-state index contributed by atoms with van der Waals surface area (Å²) in [6, 6.07) is 6.61. The summed E-state index contributed by atoms with van der Waals surface area (Å²) >= 11 is 1.07. The molecule has 2 N–H and O–H groups in total. The van der Waals surface area contributed by atoms with Gasteiger partial charge in [0.15, 0.2) is 20.7 Å². The van der Waals surface area contributed by atoms with Crippen molar-refractivity contribution < 1.29 is 23.1 Å². The topological polar surface area (TPSA) is 120 Å². The molecule has 2 heterocycles. The molecule has 2 aliphatic rings. The normalized spacial score (nSPS) is 19.4. The van der Waals surface area contributed by atoms with Gasteiger partial charge in [0.1, 0.15) is 5.37 Å². The van der Waals surface area contributed by atoms with Crippen molar-refractivity contribution in [3.05, 3.63) is 53.6 Å². The van der Waals surface area contributed by atoms with Gasteiger partial charge in [-0.2, -0.15) is 0 Å². The minimum Gasteiger partial charge on any atom is -0.476 e. The number of benzene rings is 1. The van der Waals surface area contributed by atoms with Crippen molar-refractivity contribution in [1.29, 1.82) is 0 Å². The molecular formula is C26H34N4O5S2. The van der Waals surface area contributed by atoms with E-state index in [1.54, 1.807) is 24.3 Å². The lowest BCUT2D eigenvalue weighted by Gasteiger charge is -2.36. The summed E-state index contributed by atoms with van der Waals surface area (Å²) < 4.78 is 27.0. The predicted octanol–water partition coefficient (Wildman–Crippen LogP) is 3.68.